The molecule has 5 rings (SSSR count). The number of nitrogens with zero attached hydrogens (tertiary/aromatic N) is 2. The fourth-order valence-electron chi connectivity index (χ4n) is 7.11. The van der Waals surface area contributed by atoms with Crippen LogP contribution < -0.4 is 16.2 Å². The van der Waals surface area contributed by atoms with Gasteiger partial charge >= 0.3 is 24.1 Å². The van der Waals surface area contributed by atoms with Gasteiger partial charge in [0, 0.05) is 34.5 Å². The summed E-state index contributed by atoms with van der Waals surface area (Å²) in [5, 5.41) is 6.38. The molecule has 294 valence electrons. The van der Waals surface area contributed by atoms with Crippen molar-refractivity contribution in [1.29, 1.82) is 0 Å². The summed E-state index contributed by atoms with van der Waals surface area (Å²) in [5.41, 5.74) is 1.33. The molecule has 2 aliphatic heterocycles. The SMILES string of the molecule is CCCS(C)(C)c1c2c(nc3ccc(NC(=O)OC(C)(C)C)cc13)-c1cc3c(c(=O)n1C2)COC(=O)[C@@]3(CC)COC(=O)CCCNC(=O)OC(C)(C)C. The molecule has 0 saturated carbocycles. The van der Waals surface area contributed by atoms with Gasteiger partial charge in [-0.25, -0.2) is 24.6 Å². The Kier molecular flexibility index (Phi) is 11.5. The molecule has 54 heavy (non-hydrogen) atoms. The van der Waals surface area contributed by atoms with Crippen LogP contribution in [0.1, 0.15) is 97.8 Å². The van der Waals surface area contributed by atoms with Crippen LogP contribution in [0.25, 0.3) is 22.3 Å². The molecule has 0 radical (unpaired) electrons. The predicted octanol–water partition coefficient (Wildman–Crippen LogP) is 7.16. The largest absolute Gasteiger partial charge is 0.464 e. The minimum atomic E-state index is -1.43. The van der Waals surface area contributed by atoms with Crippen molar-refractivity contribution in [3.05, 3.63) is 51.3 Å². The maximum absolute atomic E-state index is 14.3. The van der Waals surface area contributed by atoms with Crippen molar-refractivity contribution in [2.24, 2.45) is 0 Å². The number of esters is 2. The third kappa shape index (κ3) is 8.53. The molecule has 2 amide bonds. The summed E-state index contributed by atoms with van der Waals surface area (Å²) in [5.74, 6) is -0.171. The number of anilines is 1. The lowest BCUT2D eigenvalue weighted by molar-refractivity contribution is -0.161. The molecule has 1 atom stereocenters. The van der Waals surface area contributed by atoms with Crippen molar-refractivity contribution in [2.45, 2.75) is 116 Å². The Morgan fingerprint density at radius 1 is 0.981 bits per heavy atom. The van der Waals surface area contributed by atoms with E-state index in [4.69, 9.17) is 23.9 Å². The van der Waals surface area contributed by atoms with E-state index in [2.05, 4.69) is 30.1 Å². The van der Waals surface area contributed by atoms with Gasteiger partial charge in [-0.05, 0) is 109 Å². The highest BCUT2D eigenvalue weighted by atomic mass is 32.3. The number of nitrogens with one attached hydrogen (secondary N) is 2. The molecule has 0 fully saturated rings. The number of rotatable bonds is 11. The van der Waals surface area contributed by atoms with E-state index in [0.29, 0.717) is 40.1 Å². The van der Waals surface area contributed by atoms with Gasteiger partial charge in [0.25, 0.3) is 5.56 Å². The highest BCUT2D eigenvalue weighted by Gasteiger charge is 2.48. The van der Waals surface area contributed by atoms with Gasteiger partial charge in [-0.1, -0.05) is 13.8 Å². The van der Waals surface area contributed by atoms with Gasteiger partial charge in [0.2, 0.25) is 0 Å². The Bertz CT molecular complexity index is 2040. The van der Waals surface area contributed by atoms with Crippen LogP contribution in [0.15, 0.2) is 34.0 Å². The number of amides is 2. The van der Waals surface area contributed by atoms with Crippen LogP contribution in [-0.4, -0.2) is 76.3 Å². The van der Waals surface area contributed by atoms with Gasteiger partial charge < -0.3 is 28.8 Å². The Hall–Kier alpha value is -4.59. The van der Waals surface area contributed by atoms with Crippen molar-refractivity contribution in [2.75, 3.05) is 36.7 Å². The smallest absolute Gasteiger partial charge is 0.412 e. The summed E-state index contributed by atoms with van der Waals surface area (Å²) in [4.78, 5) is 71.7. The van der Waals surface area contributed by atoms with Crippen molar-refractivity contribution >= 4 is 50.7 Å². The van der Waals surface area contributed by atoms with Crippen molar-refractivity contribution < 1.29 is 38.1 Å². The van der Waals surface area contributed by atoms with Crippen LogP contribution in [-0.2, 0) is 47.1 Å². The Balaban J connectivity index is 1.50. The van der Waals surface area contributed by atoms with Gasteiger partial charge in [-0.2, -0.15) is 0 Å². The van der Waals surface area contributed by atoms with Gasteiger partial charge in [-0.15, -0.1) is 0 Å². The lowest BCUT2D eigenvalue weighted by Crippen LogP contribution is -2.48. The summed E-state index contributed by atoms with van der Waals surface area (Å²) in [6.07, 6.45) is 4.87. The fraction of sp³-hybridized carbons (Fsp3) is 0.550. The van der Waals surface area contributed by atoms with E-state index >= 15 is 0 Å². The third-order valence-electron chi connectivity index (χ3n) is 9.47. The minimum absolute atomic E-state index is 0.00236. The normalized spacial score (nSPS) is 16.8. The molecule has 0 unspecified atom stereocenters. The summed E-state index contributed by atoms with van der Waals surface area (Å²) in [7, 11) is -1.43. The number of fused-ring (bicyclic) bond motifs is 5. The first-order valence-electron chi connectivity index (χ1n) is 18.4. The predicted molar refractivity (Wildman–Crippen MR) is 209 cm³/mol. The lowest BCUT2D eigenvalue weighted by Gasteiger charge is -2.35. The minimum Gasteiger partial charge on any atom is -0.464 e. The average Bonchev–Trinajstić information content (AvgIpc) is 3.41. The zero-order chi connectivity index (χ0) is 39.8. The topological polar surface area (TPSA) is 164 Å². The van der Waals surface area contributed by atoms with Crippen molar-refractivity contribution in [3.8, 4) is 11.4 Å². The van der Waals surface area contributed by atoms with E-state index < -0.39 is 50.8 Å². The van der Waals surface area contributed by atoms with Crippen LogP contribution in [0.3, 0.4) is 0 Å². The molecule has 2 aliphatic rings. The first-order valence-corrected chi connectivity index (χ1v) is 21.1. The number of benzene rings is 1. The van der Waals surface area contributed by atoms with E-state index in [1.165, 1.54) is 0 Å². The molecule has 0 bridgehead atoms. The van der Waals surface area contributed by atoms with Crippen molar-refractivity contribution in [1.82, 2.24) is 14.9 Å². The van der Waals surface area contributed by atoms with E-state index in [-0.39, 0.29) is 44.7 Å². The Labute approximate surface area is 318 Å². The van der Waals surface area contributed by atoms with Gasteiger partial charge in [0.1, 0.15) is 29.8 Å². The number of aromatic nitrogens is 2. The van der Waals surface area contributed by atoms with E-state index in [9.17, 15) is 24.0 Å². The molecule has 3 aromatic rings. The van der Waals surface area contributed by atoms with Crippen LogP contribution in [0, 0.1) is 0 Å². The quantitative estimate of drug-likeness (QED) is 0.0910. The molecule has 1 aromatic carbocycles. The summed E-state index contributed by atoms with van der Waals surface area (Å²) < 4.78 is 23.7. The summed E-state index contributed by atoms with van der Waals surface area (Å²) >= 11 is 0. The number of hydrogen-bond donors (Lipinski definition) is 2. The van der Waals surface area contributed by atoms with Gasteiger partial charge in [-0.3, -0.25) is 19.7 Å². The van der Waals surface area contributed by atoms with Crippen molar-refractivity contribution in [3.63, 3.8) is 0 Å². The number of cyclic esters (lactones) is 1. The molecule has 0 spiro atoms. The van der Waals surface area contributed by atoms with E-state index in [0.717, 1.165) is 28.0 Å². The maximum Gasteiger partial charge on any atom is 0.412 e. The zero-order valence-corrected chi connectivity index (χ0v) is 34.0. The number of carbonyl (C=O) groups is 4. The molecule has 13 nitrogen and oxygen atoms in total. The number of ether oxygens (including phenoxy) is 4. The second-order valence-corrected chi connectivity index (χ2v) is 20.3. The van der Waals surface area contributed by atoms with E-state index in [1.807, 2.05) is 39.0 Å². The zero-order valence-electron chi connectivity index (χ0n) is 33.2. The molecule has 0 aliphatic carbocycles. The van der Waals surface area contributed by atoms with Gasteiger partial charge in [0.15, 0.2) is 0 Å². The maximum atomic E-state index is 14.3. The van der Waals surface area contributed by atoms with E-state index in [1.54, 1.807) is 38.3 Å². The second-order valence-electron chi connectivity index (χ2n) is 16.4. The fourth-order valence-corrected chi connectivity index (χ4v) is 9.93. The molecular weight excluding hydrogens is 713 g/mol. The average molecular weight is 767 g/mol. The van der Waals surface area contributed by atoms with Crippen LogP contribution >= 0.6 is 10.0 Å². The van der Waals surface area contributed by atoms with Crippen LogP contribution in [0.5, 0.6) is 0 Å². The molecule has 2 aromatic heterocycles. The number of hydrogen-bond acceptors (Lipinski definition) is 10. The highest BCUT2D eigenvalue weighted by Crippen LogP contribution is 2.57. The van der Waals surface area contributed by atoms with Crippen LogP contribution in [0.4, 0.5) is 15.3 Å². The number of carbonyl (C=O) groups excluding carboxylic acids is 4. The summed E-state index contributed by atoms with van der Waals surface area (Å²) in [6, 6.07) is 7.43. The lowest BCUT2D eigenvalue weighted by atomic mass is 9.75. The monoisotopic (exact) mass is 766 g/mol. The second kappa shape index (κ2) is 15.3. The van der Waals surface area contributed by atoms with Crippen LogP contribution in [0.2, 0.25) is 0 Å². The molecular formula is C40H54N4O9S. The van der Waals surface area contributed by atoms with Gasteiger partial charge in [0.05, 0.1) is 29.0 Å². The first-order chi connectivity index (χ1) is 25.2. The Morgan fingerprint density at radius 3 is 2.31 bits per heavy atom. The molecule has 2 N–H and O–H groups in total. The molecule has 0 saturated heterocycles. The standard InChI is InChI=1S/C40H54N4O9S/c1-11-18-54(9,10)33-25-19-24(42-37(49)53-39(6,7)8)15-16-29(25)43-32-26(33)21-44-30(32)20-28-27(34(44)46)22-50-35(47)40(28,12-2)23-51-31(45)14-13-17-41-36(48)52-38(3,4)5/h15-16,19-20H,11-14,17-18,21-23H2,1-10H3,(H,41,48)(H,42,49)/t40-/m0/s1. The molecule has 14 heteroatoms. The first kappa shape index (κ1) is 40.6. The Morgan fingerprint density at radius 2 is 1.67 bits per heavy atom. The number of pyridine rings is 2. The summed E-state index contributed by atoms with van der Waals surface area (Å²) in [6.45, 7) is 14.7. The molecule has 4 heterocycles. The third-order valence-corrected chi connectivity index (χ3v) is 12.5. The highest BCUT2D eigenvalue weighted by molar-refractivity contribution is 8.32. The number of alkyl carbamates (subject to hydrolysis) is 1.